The van der Waals surface area contributed by atoms with E-state index in [1.165, 1.54) is 0 Å². The van der Waals surface area contributed by atoms with Crippen molar-refractivity contribution in [2.75, 3.05) is 44.8 Å². The van der Waals surface area contributed by atoms with E-state index in [9.17, 15) is 4.79 Å². The van der Waals surface area contributed by atoms with Crippen LogP contribution in [0, 0.1) is 0 Å². The van der Waals surface area contributed by atoms with Gasteiger partial charge in [-0.1, -0.05) is 6.07 Å². The van der Waals surface area contributed by atoms with Crippen molar-refractivity contribution < 1.29 is 14.3 Å². The topological polar surface area (TPSA) is 54.9 Å². The van der Waals surface area contributed by atoms with E-state index >= 15 is 0 Å². The largest absolute Gasteiger partial charge is 0.497 e. The molecule has 1 amide bonds. The number of hydrogen-bond acceptors (Lipinski definition) is 5. The van der Waals surface area contributed by atoms with E-state index in [2.05, 4.69) is 9.88 Å². The summed E-state index contributed by atoms with van der Waals surface area (Å²) in [6.45, 7) is 3.44. The minimum atomic E-state index is 0.134. The van der Waals surface area contributed by atoms with E-state index in [4.69, 9.17) is 9.47 Å². The highest BCUT2D eigenvalue weighted by Crippen LogP contribution is 2.17. The molecule has 132 valence electrons. The third-order valence-electron chi connectivity index (χ3n) is 4.25. The lowest BCUT2D eigenvalue weighted by Gasteiger charge is -2.35. The summed E-state index contributed by atoms with van der Waals surface area (Å²) in [4.78, 5) is 20.8. The maximum absolute atomic E-state index is 12.3. The molecule has 1 aliphatic rings. The van der Waals surface area contributed by atoms with Gasteiger partial charge in [-0.3, -0.25) is 4.79 Å². The molecule has 1 fully saturated rings. The molecule has 6 heteroatoms. The molecule has 3 rings (SSSR count). The summed E-state index contributed by atoms with van der Waals surface area (Å²) in [7, 11) is 1.63. The number of anilines is 1. The molecule has 0 atom stereocenters. The van der Waals surface area contributed by atoms with Crippen molar-refractivity contribution in [2.45, 2.75) is 6.42 Å². The Hall–Kier alpha value is -2.76. The van der Waals surface area contributed by atoms with Gasteiger partial charge in [0.2, 0.25) is 5.91 Å². The first-order valence-corrected chi connectivity index (χ1v) is 8.47. The second-order valence-corrected chi connectivity index (χ2v) is 5.83. The zero-order valence-electron chi connectivity index (χ0n) is 14.4. The summed E-state index contributed by atoms with van der Waals surface area (Å²) >= 11 is 0. The van der Waals surface area contributed by atoms with Crippen LogP contribution in [0.2, 0.25) is 0 Å². The summed E-state index contributed by atoms with van der Waals surface area (Å²) in [5, 5.41) is 0. The van der Waals surface area contributed by atoms with E-state index in [1.54, 1.807) is 13.3 Å². The van der Waals surface area contributed by atoms with Crippen LogP contribution < -0.4 is 14.4 Å². The van der Waals surface area contributed by atoms with E-state index in [0.717, 1.165) is 43.5 Å². The molecular formula is C19H23N3O3. The lowest BCUT2D eigenvalue weighted by atomic mass is 10.2. The molecule has 0 bridgehead atoms. The molecule has 25 heavy (non-hydrogen) atoms. The van der Waals surface area contributed by atoms with Crippen LogP contribution in [0.15, 0.2) is 48.7 Å². The number of piperazine rings is 1. The van der Waals surface area contributed by atoms with Crippen LogP contribution in [0.5, 0.6) is 11.5 Å². The van der Waals surface area contributed by atoms with Gasteiger partial charge in [0, 0.05) is 32.4 Å². The molecule has 2 heterocycles. The first kappa shape index (κ1) is 17.1. The van der Waals surface area contributed by atoms with Gasteiger partial charge in [0.25, 0.3) is 0 Å². The highest BCUT2D eigenvalue weighted by molar-refractivity contribution is 5.76. The van der Waals surface area contributed by atoms with Crippen LogP contribution in [0.25, 0.3) is 0 Å². The number of nitrogens with zero attached hydrogens (tertiary/aromatic N) is 3. The summed E-state index contributed by atoms with van der Waals surface area (Å²) in [5.41, 5.74) is 0. The quantitative estimate of drug-likeness (QED) is 0.806. The van der Waals surface area contributed by atoms with Crippen LogP contribution in [0.4, 0.5) is 5.82 Å². The highest BCUT2D eigenvalue weighted by atomic mass is 16.5. The average molecular weight is 341 g/mol. The van der Waals surface area contributed by atoms with Crippen LogP contribution >= 0.6 is 0 Å². The van der Waals surface area contributed by atoms with Crippen LogP contribution in [0.3, 0.4) is 0 Å². The lowest BCUT2D eigenvalue weighted by Crippen LogP contribution is -2.49. The predicted octanol–water partition coefficient (Wildman–Crippen LogP) is 2.21. The fourth-order valence-corrected chi connectivity index (χ4v) is 2.81. The standard InChI is InChI=1S/C19H23N3O3/c1-24-16-5-7-17(8-6-16)25-15-9-19(23)22-13-11-21(12-14-22)18-4-2-3-10-20-18/h2-8,10H,9,11-15H2,1H3. The van der Waals surface area contributed by atoms with Gasteiger partial charge in [-0.2, -0.15) is 0 Å². The Kier molecular flexibility index (Phi) is 5.72. The monoisotopic (exact) mass is 341 g/mol. The predicted molar refractivity (Wildman–Crippen MR) is 96.1 cm³/mol. The van der Waals surface area contributed by atoms with Gasteiger partial charge in [0.1, 0.15) is 17.3 Å². The van der Waals surface area contributed by atoms with Crippen LogP contribution in [0.1, 0.15) is 6.42 Å². The number of amides is 1. The summed E-state index contributed by atoms with van der Waals surface area (Å²) in [6.07, 6.45) is 2.18. The maximum Gasteiger partial charge on any atom is 0.226 e. The third-order valence-corrected chi connectivity index (χ3v) is 4.25. The van der Waals surface area contributed by atoms with Gasteiger partial charge < -0.3 is 19.3 Å². The van der Waals surface area contributed by atoms with Gasteiger partial charge in [-0.15, -0.1) is 0 Å². The molecule has 1 aromatic carbocycles. The van der Waals surface area contributed by atoms with Gasteiger partial charge >= 0.3 is 0 Å². The molecule has 1 aromatic heterocycles. The number of aromatic nitrogens is 1. The summed E-state index contributed by atoms with van der Waals surface area (Å²) in [5.74, 6) is 2.63. The molecule has 1 aliphatic heterocycles. The number of carbonyl (C=O) groups is 1. The van der Waals surface area contributed by atoms with Crippen molar-refractivity contribution >= 4 is 11.7 Å². The molecular weight excluding hydrogens is 318 g/mol. The molecule has 0 spiro atoms. The van der Waals surface area contributed by atoms with Crippen molar-refractivity contribution in [3.63, 3.8) is 0 Å². The first-order chi connectivity index (χ1) is 12.3. The van der Waals surface area contributed by atoms with Crippen molar-refractivity contribution in [1.29, 1.82) is 0 Å². The SMILES string of the molecule is COc1ccc(OCCC(=O)N2CCN(c3ccccn3)CC2)cc1. The van der Waals surface area contributed by atoms with E-state index < -0.39 is 0 Å². The van der Waals surface area contributed by atoms with Crippen molar-refractivity contribution in [3.05, 3.63) is 48.7 Å². The zero-order chi connectivity index (χ0) is 17.5. The van der Waals surface area contributed by atoms with E-state index in [-0.39, 0.29) is 5.91 Å². The molecule has 0 aliphatic carbocycles. The van der Waals surface area contributed by atoms with Crippen molar-refractivity contribution in [3.8, 4) is 11.5 Å². The second kappa shape index (κ2) is 8.37. The minimum absolute atomic E-state index is 0.134. The smallest absolute Gasteiger partial charge is 0.226 e. The van der Waals surface area contributed by atoms with E-state index in [1.807, 2.05) is 47.4 Å². The molecule has 0 N–H and O–H groups in total. The number of hydrogen-bond donors (Lipinski definition) is 0. The number of rotatable bonds is 6. The molecule has 0 saturated carbocycles. The highest BCUT2D eigenvalue weighted by Gasteiger charge is 2.21. The number of carbonyl (C=O) groups excluding carboxylic acids is 1. The molecule has 1 saturated heterocycles. The number of pyridine rings is 1. The Morgan fingerprint density at radius 3 is 2.40 bits per heavy atom. The normalized spacial score (nSPS) is 14.3. The Labute approximate surface area is 148 Å². The Bertz CT molecular complexity index is 668. The Morgan fingerprint density at radius 1 is 1.04 bits per heavy atom. The fourth-order valence-electron chi connectivity index (χ4n) is 2.81. The van der Waals surface area contributed by atoms with Crippen molar-refractivity contribution in [2.24, 2.45) is 0 Å². The van der Waals surface area contributed by atoms with Gasteiger partial charge in [-0.05, 0) is 36.4 Å². The Morgan fingerprint density at radius 2 is 1.76 bits per heavy atom. The fraction of sp³-hybridized carbons (Fsp3) is 0.368. The zero-order valence-corrected chi connectivity index (χ0v) is 14.4. The molecule has 0 radical (unpaired) electrons. The Balaban J connectivity index is 1.40. The number of methoxy groups -OCH3 is 1. The van der Waals surface area contributed by atoms with Crippen LogP contribution in [-0.2, 0) is 4.79 Å². The van der Waals surface area contributed by atoms with Crippen molar-refractivity contribution in [1.82, 2.24) is 9.88 Å². The molecule has 0 unspecified atom stereocenters. The average Bonchev–Trinajstić information content (AvgIpc) is 2.69. The first-order valence-electron chi connectivity index (χ1n) is 8.47. The van der Waals surface area contributed by atoms with Gasteiger partial charge in [0.05, 0.1) is 20.1 Å². The maximum atomic E-state index is 12.3. The van der Waals surface area contributed by atoms with Gasteiger partial charge in [0.15, 0.2) is 0 Å². The van der Waals surface area contributed by atoms with Gasteiger partial charge in [-0.25, -0.2) is 4.98 Å². The number of benzene rings is 1. The second-order valence-electron chi connectivity index (χ2n) is 5.83. The summed E-state index contributed by atoms with van der Waals surface area (Å²) < 4.78 is 10.7. The minimum Gasteiger partial charge on any atom is -0.497 e. The molecule has 2 aromatic rings. The third kappa shape index (κ3) is 4.62. The number of ether oxygens (including phenoxy) is 2. The lowest BCUT2D eigenvalue weighted by molar-refractivity contribution is -0.132. The van der Waals surface area contributed by atoms with Crippen LogP contribution in [-0.4, -0.2) is 55.7 Å². The van der Waals surface area contributed by atoms with E-state index in [0.29, 0.717) is 13.0 Å². The summed E-state index contributed by atoms with van der Waals surface area (Å²) in [6, 6.07) is 13.3. The molecule has 6 nitrogen and oxygen atoms in total.